The minimum absolute atomic E-state index is 0.0581. The lowest BCUT2D eigenvalue weighted by atomic mass is 9.63. The number of benzene rings is 10. The first-order valence-electron chi connectivity index (χ1n) is 59.5. The number of aromatic hydroxyl groups is 2. The molecular weight excluding hydrogens is 1800 g/mol. The summed E-state index contributed by atoms with van der Waals surface area (Å²) in [6.45, 7) is 89.9. The minimum atomic E-state index is -1.46. The third-order valence-corrected chi connectivity index (χ3v) is 45.8. The highest BCUT2D eigenvalue weighted by Crippen LogP contribution is 2.73. The molecule has 2 aliphatic heterocycles. The molecule has 2 heterocycles. The molecule has 0 unspecified atom stereocenters. The molecule has 148 heavy (non-hydrogen) atoms. The van der Waals surface area contributed by atoms with Crippen molar-refractivity contribution in [3.8, 4) is 56.0 Å². The van der Waals surface area contributed by atoms with Crippen molar-refractivity contribution < 1.29 is 20.4 Å². The van der Waals surface area contributed by atoms with E-state index in [-0.39, 0.29) is 98.1 Å². The lowest BCUT2D eigenvalue weighted by molar-refractivity contribution is -0.536. The van der Waals surface area contributed by atoms with E-state index in [9.17, 15) is 10.2 Å². The van der Waals surface area contributed by atoms with E-state index in [1.165, 1.54) is 66.8 Å². The minimum Gasteiger partial charge on any atom is -0.851 e. The maximum absolute atomic E-state index is 15.9. The number of nitrogens with zero attached hydrogens (tertiary/aromatic N) is 2. The summed E-state index contributed by atoms with van der Waals surface area (Å²) in [5.74, 6) is -2.28. The van der Waals surface area contributed by atoms with E-state index in [1.54, 1.807) is 89.0 Å². The maximum Gasteiger partial charge on any atom is 0.121 e. The van der Waals surface area contributed by atoms with Gasteiger partial charge in [0.25, 0.3) is 0 Å². The molecule has 788 valence electrons. The average molecular weight is 1980 g/mol. The van der Waals surface area contributed by atoms with Gasteiger partial charge in [-0.3, -0.25) is 0 Å². The Balaban J connectivity index is 0.709. The third-order valence-electron chi connectivity index (χ3n) is 45.8. The summed E-state index contributed by atoms with van der Waals surface area (Å²) in [6, 6.07) is 52.8. The van der Waals surface area contributed by atoms with Crippen molar-refractivity contribution in [3.63, 3.8) is 0 Å². The molecule has 6 heteroatoms. The van der Waals surface area contributed by atoms with Gasteiger partial charge >= 0.3 is 0 Å². The SMILES string of the molecule is CCC1(CC)CC(C)(C)c2c1cc1c(c2-c2ccc3c(c2)C(C)(C)c2cc(-c4c5c(cc6c4C(C)(C)CC6(CC)CC)C(CC)(CC)CC5(C)C)ccc2N3c2ccc(C3C([O-])C(c4ccc(N5c6ccc(-c7c8c(cc9c7C(C)(C)CC9(CC)CC)C(CC)(CC)CC8(C)C)cc6C(C)(C)c6cc(-c7c8c(cc9c7C(C)(C)CC9(CC)CC)C(CC)(CC)CC8(C)C)ccc65)cc4O)C3[O-])c(O)c2)C(C)(C)CC1(CC)CC. The molecule has 0 saturated heterocycles. The first-order chi connectivity index (χ1) is 69.4. The van der Waals surface area contributed by atoms with E-state index in [4.69, 9.17) is 0 Å². The molecule has 0 bridgehead atoms. The average Bonchev–Trinajstić information content (AvgIpc) is 1.52. The van der Waals surface area contributed by atoms with E-state index in [1.807, 2.05) is 24.3 Å². The van der Waals surface area contributed by atoms with Crippen LogP contribution in [-0.4, -0.2) is 22.4 Å². The van der Waals surface area contributed by atoms with Crippen LogP contribution in [0.3, 0.4) is 0 Å². The first-order valence-corrected chi connectivity index (χ1v) is 59.5. The van der Waals surface area contributed by atoms with Crippen molar-refractivity contribution in [2.45, 2.75) is 525 Å². The van der Waals surface area contributed by atoms with Crippen LogP contribution >= 0.6 is 0 Å². The zero-order valence-corrected chi connectivity index (χ0v) is 98.6. The van der Waals surface area contributed by atoms with Gasteiger partial charge in [-0.2, -0.15) is 0 Å². The summed E-state index contributed by atoms with van der Waals surface area (Å²) in [5.41, 5.74) is 46.0. The van der Waals surface area contributed by atoms with E-state index in [2.05, 4.69) is 368 Å². The molecule has 10 aromatic carbocycles. The summed E-state index contributed by atoms with van der Waals surface area (Å²) >= 11 is 0. The fraction of sp³-hybridized carbons (Fsp3) is 0.577. The second-order valence-electron chi connectivity index (χ2n) is 57.1. The lowest BCUT2D eigenvalue weighted by Crippen LogP contribution is -2.63. The topological polar surface area (TPSA) is 93.1 Å². The molecule has 9 aliphatic carbocycles. The van der Waals surface area contributed by atoms with Crippen LogP contribution in [-0.2, 0) is 97.5 Å². The molecule has 21 rings (SSSR count). The molecule has 0 aromatic heterocycles. The molecule has 11 aliphatic rings. The Hall–Kier alpha value is -8.68. The highest BCUT2D eigenvalue weighted by Gasteiger charge is 2.62. The predicted octanol–water partition coefficient (Wildman–Crippen LogP) is 37.2. The number of rotatable bonds is 24. The molecule has 1 fully saturated rings. The molecule has 2 N–H and O–H groups in total. The fourth-order valence-corrected chi connectivity index (χ4v) is 38.1. The molecule has 1 saturated carbocycles. The number of phenolic OH excluding ortho intramolecular Hbond substituents is 2. The van der Waals surface area contributed by atoms with Gasteiger partial charge in [-0.15, -0.1) is 12.2 Å². The second-order valence-corrected chi connectivity index (χ2v) is 57.1. The van der Waals surface area contributed by atoms with Crippen molar-refractivity contribution >= 4 is 34.1 Å². The van der Waals surface area contributed by atoms with Crippen LogP contribution < -0.4 is 20.0 Å². The predicted molar refractivity (Wildman–Crippen MR) is 624 cm³/mol. The number of anilines is 6. The van der Waals surface area contributed by atoms with Crippen molar-refractivity contribution in [1.29, 1.82) is 0 Å². The van der Waals surface area contributed by atoms with E-state index < -0.39 is 34.9 Å². The van der Waals surface area contributed by atoms with E-state index in [0.717, 1.165) is 188 Å². The van der Waals surface area contributed by atoms with Crippen LogP contribution in [0.4, 0.5) is 34.1 Å². The second kappa shape index (κ2) is 33.9. The van der Waals surface area contributed by atoms with Crippen LogP contribution in [0.1, 0.15) is 538 Å². The zero-order chi connectivity index (χ0) is 107. The Kier molecular flexibility index (Phi) is 24.1. The van der Waals surface area contributed by atoms with Crippen LogP contribution in [0, 0.1) is 0 Å². The molecule has 6 nitrogen and oxygen atoms in total. The van der Waals surface area contributed by atoms with Gasteiger partial charge in [0.1, 0.15) is 11.5 Å². The summed E-state index contributed by atoms with van der Waals surface area (Å²) in [6.07, 6.45) is 23.6. The van der Waals surface area contributed by atoms with Crippen molar-refractivity contribution in [2.24, 2.45) is 0 Å². The van der Waals surface area contributed by atoms with Gasteiger partial charge in [-0.05, 0) is 480 Å². The molecule has 0 spiro atoms. The van der Waals surface area contributed by atoms with E-state index in [0.29, 0.717) is 11.1 Å². The lowest BCUT2D eigenvalue weighted by Gasteiger charge is -2.61. The highest BCUT2D eigenvalue weighted by atomic mass is 16.3. The normalized spacial score (nSPS) is 24.3. The number of hydrogen-bond donors (Lipinski definition) is 2. The van der Waals surface area contributed by atoms with Gasteiger partial charge < -0.3 is 30.2 Å². The van der Waals surface area contributed by atoms with Crippen molar-refractivity contribution in [3.05, 3.63) is 256 Å². The smallest absolute Gasteiger partial charge is 0.121 e. The Morgan fingerprint density at radius 2 is 0.378 bits per heavy atom. The number of hydrogen-bond acceptors (Lipinski definition) is 6. The summed E-state index contributed by atoms with van der Waals surface area (Å²) in [5, 5.41) is 58.4. The largest absolute Gasteiger partial charge is 0.851 e. The molecule has 0 atom stereocenters. The Bertz CT molecular complexity index is 6100. The Labute approximate surface area is 895 Å². The molecule has 0 radical (unpaired) electrons. The third kappa shape index (κ3) is 13.8. The summed E-state index contributed by atoms with van der Waals surface area (Å²) in [7, 11) is 0. The van der Waals surface area contributed by atoms with Gasteiger partial charge in [0, 0.05) is 34.3 Å². The number of fused-ring (bicyclic) bond motifs is 12. The van der Waals surface area contributed by atoms with Crippen LogP contribution in [0.2, 0.25) is 0 Å². The quantitative estimate of drug-likeness (QED) is 0.0626. The Morgan fingerprint density at radius 1 is 0.216 bits per heavy atom. The molecule has 10 aromatic rings. The van der Waals surface area contributed by atoms with Crippen LogP contribution in [0.15, 0.2) is 133 Å². The summed E-state index contributed by atoms with van der Waals surface area (Å²) in [4.78, 5) is 4.82. The van der Waals surface area contributed by atoms with Crippen molar-refractivity contribution in [2.75, 3.05) is 9.80 Å². The van der Waals surface area contributed by atoms with Gasteiger partial charge in [0.15, 0.2) is 0 Å². The van der Waals surface area contributed by atoms with Gasteiger partial charge in [-0.25, -0.2) is 0 Å². The van der Waals surface area contributed by atoms with Gasteiger partial charge in [-0.1, -0.05) is 310 Å². The van der Waals surface area contributed by atoms with Gasteiger partial charge in [0.05, 0.1) is 22.7 Å². The number of phenols is 2. The Morgan fingerprint density at radius 3 is 0.527 bits per heavy atom. The van der Waals surface area contributed by atoms with Crippen LogP contribution in [0.25, 0.3) is 44.5 Å². The highest BCUT2D eigenvalue weighted by molar-refractivity contribution is 5.96. The molecule has 0 amide bonds. The van der Waals surface area contributed by atoms with Crippen molar-refractivity contribution in [1.82, 2.24) is 0 Å². The van der Waals surface area contributed by atoms with Crippen LogP contribution in [0.5, 0.6) is 11.5 Å². The standard InChI is InChI=1S/C142H184N2O4/c1-37-135(38-2)75-125(17,18)115-95(135)71-96-116(126(19,20)76-136(96,39-3)40-4)109(115)83-53-61-103-91(65-83)133(33,34)92-66-84(110-117-97(137(41-5,42-6)77-127(117,21)22)72-98-118(110)128(23,24)78-138(98,43-7)44-8)54-62-104(92)143(103)87-57-59-89(107(145)69-87)113-123(147)114(124(113)148)90-60-58-88(70-108(90)146)144-105-63-55-85(111-119-99(139(45-9,46-10)79-129(119,25)26)73-100-120(111)130(27,28)80-140(100,47-11)48-12)67-93(105)134(35,36)94-68-86(56-64-106(94)144)112-121-101(141(49-13,50-14)81-131(121,29)30)74-102-122(112)132(31,32)82-142(102,51-15)52-16/h53-74,113-114,123-124,145-146H,37-52,75-82H2,1-36H3/q-2. The zero-order valence-electron chi connectivity index (χ0n) is 98.6. The first kappa shape index (κ1) is 105. The fourth-order valence-electron chi connectivity index (χ4n) is 38.1. The monoisotopic (exact) mass is 1980 g/mol. The molecular formula is C142H184N2O4-2. The van der Waals surface area contributed by atoms with E-state index >= 15 is 10.2 Å². The maximum atomic E-state index is 15.9. The van der Waals surface area contributed by atoms with Gasteiger partial charge in [0.2, 0.25) is 0 Å². The summed E-state index contributed by atoms with van der Waals surface area (Å²) < 4.78 is 0.